The lowest BCUT2D eigenvalue weighted by molar-refractivity contribution is 0.0185. The van der Waals surface area contributed by atoms with E-state index >= 15 is 0 Å². The lowest BCUT2D eigenvalue weighted by Gasteiger charge is -2.31. The fourth-order valence-corrected chi connectivity index (χ4v) is 3.45. The van der Waals surface area contributed by atoms with Crippen molar-refractivity contribution >= 4 is 15.8 Å². The van der Waals surface area contributed by atoms with Crippen molar-refractivity contribution in [3.05, 3.63) is 29.8 Å². The van der Waals surface area contributed by atoms with E-state index in [1.54, 1.807) is 31.2 Å². The highest BCUT2D eigenvalue weighted by atomic mass is 32.2. The van der Waals surface area contributed by atoms with Crippen molar-refractivity contribution in [3.8, 4) is 5.75 Å². The number of Topliss-reactive ketones (excluding diaryl/α,β-unsaturated/α-hetero) is 1. The zero-order chi connectivity index (χ0) is 16.9. The molecule has 1 fully saturated rings. The Morgan fingerprint density at radius 3 is 2.83 bits per heavy atom. The Kier molecular flexibility index (Phi) is 6.15. The molecule has 0 aromatic heterocycles. The second-order valence-corrected chi connectivity index (χ2v) is 7.66. The molecule has 1 saturated heterocycles. The molecular formula is C16H23NO5S. The van der Waals surface area contributed by atoms with E-state index in [1.807, 2.05) is 0 Å². The maximum absolute atomic E-state index is 11.8. The summed E-state index contributed by atoms with van der Waals surface area (Å²) in [7, 11) is -3.27. The highest BCUT2D eigenvalue weighted by Crippen LogP contribution is 2.22. The molecule has 1 aliphatic rings. The lowest BCUT2D eigenvalue weighted by Crippen LogP contribution is -2.48. The first-order chi connectivity index (χ1) is 10.9. The van der Waals surface area contributed by atoms with Crippen LogP contribution in [0.15, 0.2) is 24.3 Å². The Bertz CT molecular complexity index is 644. The van der Waals surface area contributed by atoms with Crippen LogP contribution in [-0.4, -0.2) is 45.8 Å². The first-order valence-electron chi connectivity index (χ1n) is 7.73. The molecule has 6 nitrogen and oxygen atoms in total. The third-order valence-electron chi connectivity index (χ3n) is 3.90. The van der Waals surface area contributed by atoms with E-state index in [0.717, 1.165) is 0 Å². The summed E-state index contributed by atoms with van der Waals surface area (Å²) in [5.41, 5.74) is 0.523. The Morgan fingerprint density at radius 2 is 2.13 bits per heavy atom. The third kappa shape index (κ3) is 5.02. The predicted molar refractivity (Wildman–Crippen MR) is 87.3 cm³/mol. The van der Waals surface area contributed by atoms with E-state index < -0.39 is 10.0 Å². The first-order valence-corrected chi connectivity index (χ1v) is 9.38. The van der Waals surface area contributed by atoms with Crippen molar-refractivity contribution in [3.63, 3.8) is 0 Å². The van der Waals surface area contributed by atoms with Crippen LogP contribution >= 0.6 is 0 Å². The molecule has 0 saturated carbocycles. The summed E-state index contributed by atoms with van der Waals surface area (Å²) in [6.07, 6.45) is 0.613. The Hall–Kier alpha value is -1.44. The number of sulfonamides is 1. The molecule has 2 rings (SSSR count). The van der Waals surface area contributed by atoms with Gasteiger partial charge in [-0.15, -0.1) is 0 Å². The maximum Gasteiger partial charge on any atom is 0.211 e. The average Bonchev–Trinajstić information content (AvgIpc) is 2.54. The van der Waals surface area contributed by atoms with Crippen LogP contribution in [0.25, 0.3) is 0 Å². The quantitative estimate of drug-likeness (QED) is 0.762. The van der Waals surface area contributed by atoms with Crippen molar-refractivity contribution in [1.29, 1.82) is 0 Å². The minimum absolute atomic E-state index is 0.0467. The summed E-state index contributed by atoms with van der Waals surface area (Å²) >= 11 is 0. The van der Waals surface area contributed by atoms with Crippen molar-refractivity contribution < 1.29 is 22.7 Å². The molecule has 1 aliphatic heterocycles. The summed E-state index contributed by atoms with van der Waals surface area (Å²) in [5.74, 6) is 0.405. The molecule has 1 N–H and O–H groups in total. The molecule has 1 aromatic rings. The highest BCUT2D eigenvalue weighted by Gasteiger charge is 2.29. The predicted octanol–water partition coefficient (Wildman–Crippen LogP) is 1.61. The van der Waals surface area contributed by atoms with E-state index in [1.165, 1.54) is 6.92 Å². The summed E-state index contributed by atoms with van der Waals surface area (Å²) in [5, 5.41) is 0. The van der Waals surface area contributed by atoms with Crippen LogP contribution in [0.5, 0.6) is 5.75 Å². The van der Waals surface area contributed by atoms with Crippen LogP contribution in [-0.2, 0) is 14.8 Å². The largest absolute Gasteiger partial charge is 0.492 e. The van der Waals surface area contributed by atoms with Gasteiger partial charge in [-0.3, -0.25) is 4.79 Å². The van der Waals surface area contributed by atoms with Gasteiger partial charge < -0.3 is 9.47 Å². The van der Waals surface area contributed by atoms with Crippen molar-refractivity contribution in [2.75, 3.05) is 25.6 Å². The number of nitrogens with one attached hydrogen (secondary N) is 1. The molecule has 1 heterocycles. The topological polar surface area (TPSA) is 81.7 Å². The van der Waals surface area contributed by atoms with Crippen LogP contribution in [0.1, 0.15) is 30.6 Å². The number of para-hydroxylation sites is 1. The molecule has 0 aliphatic carbocycles. The molecular weight excluding hydrogens is 318 g/mol. The zero-order valence-corrected chi connectivity index (χ0v) is 14.3. The van der Waals surface area contributed by atoms with Gasteiger partial charge in [-0.2, -0.15) is 0 Å². The lowest BCUT2D eigenvalue weighted by atomic mass is 9.97. The number of benzene rings is 1. The second-order valence-electron chi connectivity index (χ2n) is 5.61. The van der Waals surface area contributed by atoms with Gasteiger partial charge in [0.2, 0.25) is 10.0 Å². The first kappa shape index (κ1) is 17.9. The van der Waals surface area contributed by atoms with Gasteiger partial charge in [-0.25, -0.2) is 13.1 Å². The third-order valence-corrected chi connectivity index (χ3v) is 5.33. The average molecular weight is 341 g/mol. The number of hydrogen-bond acceptors (Lipinski definition) is 5. The van der Waals surface area contributed by atoms with Gasteiger partial charge in [0.25, 0.3) is 0 Å². The van der Waals surface area contributed by atoms with Crippen molar-refractivity contribution in [1.82, 2.24) is 4.72 Å². The molecule has 23 heavy (non-hydrogen) atoms. The van der Waals surface area contributed by atoms with Gasteiger partial charge in [-0.1, -0.05) is 12.1 Å². The summed E-state index contributed by atoms with van der Waals surface area (Å²) < 4.78 is 37.5. The van der Waals surface area contributed by atoms with Gasteiger partial charge in [0.1, 0.15) is 5.75 Å². The molecule has 7 heteroatoms. The SMILES string of the molecule is CCS(=O)(=O)NC1CCOCC1COc1ccccc1C(C)=O. The standard InChI is InChI=1S/C16H23NO5S/c1-3-23(19,20)17-15-8-9-21-10-13(15)11-22-16-7-5-4-6-14(16)12(2)18/h4-7,13,15,17H,3,8-11H2,1-2H3. The smallest absolute Gasteiger partial charge is 0.211 e. The number of carbonyl (C=O) groups excluding carboxylic acids is 1. The van der Waals surface area contributed by atoms with Gasteiger partial charge in [0.15, 0.2) is 5.78 Å². The van der Waals surface area contributed by atoms with Crippen molar-refractivity contribution in [2.45, 2.75) is 26.3 Å². The van der Waals surface area contributed by atoms with Crippen LogP contribution in [0, 0.1) is 5.92 Å². The molecule has 0 bridgehead atoms. The highest BCUT2D eigenvalue weighted by molar-refractivity contribution is 7.89. The van der Waals surface area contributed by atoms with Crippen LogP contribution in [0.2, 0.25) is 0 Å². The summed E-state index contributed by atoms with van der Waals surface area (Å²) in [6.45, 7) is 4.35. The second kappa shape index (κ2) is 7.90. The fraction of sp³-hybridized carbons (Fsp3) is 0.562. The van der Waals surface area contributed by atoms with Crippen LogP contribution in [0.3, 0.4) is 0 Å². The Labute approximate surface area is 137 Å². The fourth-order valence-electron chi connectivity index (χ4n) is 2.51. The molecule has 128 valence electrons. The summed E-state index contributed by atoms with van der Waals surface area (Å²) in [4.78, 5) is 11.6. The number of hydrogen-bond donors (Lipinski definition) is 1. The molecule has 0 spiro atoms. The number of ether oxygens (including phenoxy) is 2. The Balaban J connectivity index is 2.04. The molecule has 1 aromatic carbocycles. The number of ketones is 1. The summed E-state index contributed by atoms with van der Waals surface area (Å²) in [6, 6.07) is 6.83. The monoisotopic (exact) mass is 341 g/mol. The number of carbonyl (C=O) groups is 1. The zero-order valence-electron chi connectivity index (χ0n) is 13.4. The van der Waals surface area contributed by atoms with Gasteiger partial charge in [0.05, 0.1) is 24.5 Å². The van der Waals surface area contributed by atoms with E-state index in [-0.39, 0.29) is 23.5 Å². The Morgan fingerprint density at radius 1 is 1.39 bits per heavy atom. The molecule has 0 radical (unpaired) electrons. The van der Waals surface area contributed by atoms with E-state index in [2.05, 4.69) is 4.72 Å². The van der Waals surface area contributed by atoms with Crippen LogP contribution < -0.4 is 9.46 Å². The molecule has 0 amide bonds. The van der Waals surface area contributed by atoms with Crippen molar-refractivity contribution in [2.24, 2.45) is 5.92 Å². The van der Waals surface area contributed by atoms with E-state index in [0.29, 0.717) is 37.6 Å². The molecule has 2 unspecified atom stereocenters. The van der Waals surface area contributed by atoms with Crippen LogP contribution in [0.4, 0.5) is 0 Å². The van der Waals surface area contributed by atoms with Gasteiger partial charge >= 0.3 is 0 Å². The van der Waals surface area contributed by atoms with E-state index in [4.69, 9.17) is 9.47 Å². The maximum atomic E-state index is 11.8. The number of rotatable bonds is 7. The van der Waals surface area contributed by atoms with Gasteiger partial charge in [-0.05, 0) is 32.4 Å². The van der Waals surface area contributed by atoms with E-state index in [9.17, 15) is 13.2 Å². The minimum Gasteiger partial charge on any atom is -0.492 e. The normalized spacial score (nSPS) is 21.8. The minimum atomic E-state index is -3.27. The van der Waals surface area contributed by atoms with Gasteiger partial charge in [0, 0.05) is 18.6 Å². The molecule has 2 atom stereocenters.